The summed E-state index contributed by atoms with van der Waals surface area (Å²) >= 11 is 0. The molecule has 1 amide bonds. The Morgan fingerprint density at radius 1 is 1.11 bits per heavy atom. The van der Waals surface area contributed by atoms with E-state index in [0.717, 1.165) is 12.0 Å². The van der Waals surface area contributed by atoms with E-state index in [0.29, 0.717) is 41.6 Å². The highest BCUT2D eigenvalue weighted by molar-refractivity contribution is 5.96. The Kier molecular flexibility index (Phi) is 3.75. The number of aromatic nitrogens is 5. The van der Waals surface area contributed by atoms with Crippen LogP contribution < -0.4 is 5.73 Å². The molecule has 0 unspecified atom stereocenters. The Hall–Kier alpha value is -3.81. The van der Waals surface area contributed by atoms with Crippen LogP contribution in [0, 0.1) is 0 Å². The van der Waals surface area contributed by atoms with Crippen molar-refractivity contribution in [3.05, 3.63) is 71.7 Å². The standard InChI is InChI=1S/C20H17N7O/c21-17-9-15(20(28)26-8-5-13-11-22-7-4-14(13)12-26)10-18-24-19(25-27(17)18)16-3-1-2-6-23-16/h1-4,6-7,9-11H,5,8,12,21H2. The van der Waals surface area contributed by atoms with Gasteiger partial charge in [0.2, 0.25) is 5.82 Å². The van der Waals surface area contributed by atoms with Gasteiger partial charge < -0.3 is 10.6 Å². The van der Waals surface area contributed by atoms with Gasteiger partial charge in [0.1, 0.15) is 11.5 Å². The van der Waals surface area contributed by atoms with Crippen molar-refractivity contribution in [1.82, 2.24) is 29.5 Å². The lowest BCUT2D eigenvalue weighted by molar-refractivity contribution is 0.0734. The molecule has 8 nitrogen and oxygen atoms in total. The Morgan fingerprint density at radius 3 is 2.89 bits per heavy atom. The van der Waals surface area contributed by atoms with Crippen LogP contribution in [0.15, 0.2) is 55.0 Å². The maximum atomic E-state index is 13.1. The molecular formula is C20H17N7O. The lowest BCUT2D eigenvalue weighted by Crippen LogP contribution is -2.36. The fourth-order valence-electron chi connectivity index (χ4n) is 3.47. The molecule has 0 fully saturated rings. The molecule has 4 aromatic rings. The van der Waals surface area contributed by atoms with Gasteiger partial charge in [-0.3, -0.25) is 14.8 Å². The number of nitrogens with zero attached hydrogens (tertiary/aromatic N) is 6. The number of carbonyl (C=O) groups excluding carboxylic acids is 1. The van der Waals surface area contributed by atoms with Crippen molar-refractivity contribution < 1.29 is 4.79 Å². The summed E-state index contributed by atoms with van der Waals surface area (Å²) in [5.74, 6) is 0.757. The SMILES string of the molecule is Nc1cc(C(=O)N2CCc3cnccc3C2)cc2nc(-c3ccccn3)nn12. The molecule has 0 radical (unpaired) electrons. The van der Waals surface area contributed by atoms with Crippen molar-refractivity contribution >= 4 is 17.4 Å². The number of pyridine rings is 3. The summed E-state index contributed by atoms with van der Waals surface area (Å²) < 4.78 is 1.53. The van der Waals surface area contributed by atoms with Crippen molar-refractivity contribution in [2.24, 2.45) is 0 Å². The van der Waals surface area contributed by atoms with E-state index in [1.54, 1.807) is 24.5 Å². The molecule has 0 saturated heterocycles. The quantitative estimate of drug-likeness (QED) is 0.578. The number of nitrogens with two attached hydrogens (primary N) is 1. The van der Waals surface area contributed by atoms with Crippen molar-refractivity contribution in [1.29, 1.82) is 0 Å². The largest absolute Gasteiger partial charge is 0.384 e. The van der Waals surface area contributed by atoms with Crippen LogP contribution in [-0.4, -0.2) is 41.9 Å². The summed E-state index contributed by atoms with van der Waals surface area (Å²) in [7, 11) is 0. The number of hydrogen-bond acceptors (Lipinski definition) is 6. The Bertz CT molecular complexity index is 1190. The molecule has 0 aliphatic carbocycles. The summed E-state index contributed by atoms with van der Waals surface area (Å²) in [6.07, 6.45) is 6.10. The molecule has 0 spiro atoms. The summed E-state index contributed by atoms with van der Waals surface area (Å²) in [6, 6.07) is 10.9. The first kappa shape index (κ1) is 16.4. The molecule has 2 N–H and O–H groups in total. The molecular weight excluding hydrogens is 354 g/mol. The molecule has 5 heterocycles. The van der Waals surface area contributed by atoms with E-state index < -0.39 is 0 Å². The smallest absolute Gasteiger partial charge is 0.254 e. The fourth-order valence-corrected chi connectivity index (χ4v) is 3.47. The topological polar surface area (TPSA) is 102 Å². The average Bonchev–Trinajstić information content (AvgIpc) is 3.18. The highest BCUT2D eigenvalue weighted by Gasteiger charge is 2.23. The maximum Gasteiger partial charge on any atom is 0.254 e. The minimum absolute atomic E-state index is 0.0703. The number of hydrogen-bond donors (Lipinski definition) is 1. The zero-order valence-electron chi connectivity index (χ0n) is 15.0. The molecule has 8 heteroatoms. The summed E-state index contributed by atoms with van der Waals surface area (Å²) in [5, 5.41) is 4.41. The van der Waals surface area contributed by atoms with Crippen LogP contribution in [-0.2, 0) is 13.0 Å². The second-order valence-corrected chi connectivity index (χ2v) is 6.71. The van der Waals surface area contributed by atoms with Crippen LogP contribution in [0.2, 0.25) is 0 Å². The third-order valence-corrected chi connectivity index (χ3v) is 4.91. The molecule has 0 bridgehead atoms. The normalized spacial score (nSPS) is 13.5. The summed E-state index contributed by atoms with van der Waals surface area (Å²) in [4.78, 5) is 27.8. The first-order chi connectivity index (χ1) is 13.7. The number of fused-ring (bicyclic) bond motifs is 2. The van der Waals surface area contributed by atoms with Gasteiger partial charge in [0.15, 0.2) is 5.65 Å². The number of carbonyl (C=O) groups is 1. The van der Waals surface area contributed by atoms with Crippen LogP contribution in [0.4, 0.5) is 5.82 Å². The number of amides is 1. The van der Waals surface area contributed by atoms with Crippen LogP contribution in [0.3, 0.4) is 0 Å². The van der Waals surface area contributed by atoms with Crippen LogP contribution in [0.25, 0.3) is 17.2 Å². The van der Waals surface area contributed by atoms with Gasteiger partial charge in [0.25, 0.3) is 5.91 Å². The predicted octanol–water partition coefficient (Wildman–Crippen LogP) is 1.97. The fraction of sp³-hybridized carbons (Fsp3) is 0.150. The third kappa shape index (κ3) is 2.75. The zero-order valence-corrected chi connectivity index (χ0v) is 15.0. The van der Waals surface area contributed by atoms with E-state index in [2.05, 4.69) is 20.1 Å². The first-order valence-corrected chi connectivity index (χ1v) is 8.98. The molecule has 1 aliphatic rings. The van der Waals surface area contributed by atoms with Gasteiger partial charge in [-0.15, -0.1) is 5.10 Å². The van der Waals surface area contributed by atoms with Crippen molar-refractivity contribution in [3.63, 3.8) is 0 Å². The van der Waals surface area contributed by atoms with E-state index in [-0.39, 0.29) is 5.91 Å². The molecule has 0 aromatic carbocycles. The van der Waals surface area contributed by atoms with Gasteiger partial charge in [0.05, 0.1) is 0 Å². The van der Waals surface area contributed by atoms with Crippen LogP contribution >= 0.6 is 0 Å². The lowest BCUT2D eigenvalue weighted by Gasteiger charge is -2.28. The van der Waals surface area contributed by atoms with Gasteiger partial charge in [-0.2, -0.15) is 4.52 Å². The molecule has 4 aromatic heterocycles. The Labute approximate surface area is 160 Å². The molecule has 5 rings (SSSR count). The second kappa shape index (κ2) is 6.41. The Morgan fingerprint density at radius 2 is 2.04 bits per heavy atom. The third-order valence-electron chi connectivity index (χ3n) is 4.91. The zero-order chi connectivity index (χ0) is 19.1. The Balaban J connectivity index is 1.49. The monoisotopic (exact) mass is 371 g/mol. The van der Waals surface area contributed by atoms with Crippen molar-refractivity contribution in [2.75, 3.05) is 12.3 Å². The molecule has 0 saturated carbocycles. The van der Waals surface area contributed by atoms with E-state index in [4.69, 9.17) is 5.73 Å². The molecule has 0 atom stereocenters. The first-order valence-electron chi connectivity index (χ1n) is 8.98. The summed E-state index contributed by atoms with van der Waals surface area (Å²) in [5.41, 5.74) is 10.1. The number of nitrogen functional groups attached to an aromatic ring is 1. The predicted molar refractivity (Wildman–Crippen MR) is 103 cm³/mol. The lowest BCUT2D eigenvalue weighted by atomic mass is 10.0. The van der Waals surface area contributed by atoms with Crippen LogP contribution in [0.5, 0.6) is 0 Å². The van der Waals surface area contributed by atoms with Crippen molar-refractivity contribution in [2.45, 2.75) is 13.0 Å². The van der Waals surface area contributed by atoms with Gasteiger partial charge in [0, 0.05) is 37.2 Å². The van der Waals surface area contributed by atoms with Gasteiger partial charge in [-0.25, -0.2) is 4.98 Å². The average molecular weight is 371 g/mol. The van der Waals surface area contributed by atoms with Gasteiger partial charge in [-0.1, -0.05) is 6.07 Å². The highest BCUT2D eigenvalue weighted by Crippen LogP contribution is 2.22. The highest BCUT2D eigenvalue weighted by atomic mass is 16.2. The second-order valence-electron chi connectivity index (χ2n) is 6.71. The van der Waals surface area contributed by atoms with E-state index >= 15 is 0 Å². The van der Waals surface area contributed by atoms with Crippen LogP contribution in [0.1, 0.15) is 21.5 Å². The number of anilines is 1. The summed E-state index contributed by atoms with van der Waals surface area (Å²) in [6.45, 7) is 1.21. The van der Waals surface area contributed by atoms with E-state index in [1.807, 2.05) is 35.4 Å². The van der Waals surface area contributed by atoms with E-state index in [9.17, 15) is 4.79 Å². The van der Waals surface area contributed by atoms with Crippen molar-refractivity contribution in [3.8, 4) is 11.5 Å². The minimum Gasteiger partial charge on any atom is -0.384 e. The van der Waals surface area contributed by atoms with Gasteiger partial charge >= 0.3 is 0 Å². The molecule has 1 aliphatic heterocycles. The van der Waals surface area contributed by atoms with E-state index in [1.165, 1.54) is 10.1 Å². The number of rotatable bonds is 2. The minimum atomic E-state index is -0.0703. The maximum absolute atomic E-state index is 13.1. The molecule has 28 heavy (non-hydrogen) atoms. The molecule has 138 valence electrons. The van der Waals surface area contributed by atoms with Gasteiger partial charge in [-0.05, 0) is 47.9 Å².